The van der Waals surface area contributed by atoms with Gasteiger partial charge in [-0.1, -0.05) is 4.68 Å². The van der Waals surface area contributed by atoms with E-state index in [1.54, 1.807) is 6.20 Å². The predicted octanol–water partition coefficient (Wildman–Crippen LogP) is -0.388. The van der Waals surface area contributed by atoms with Gasteiger partial charge >= 0.3 is 0 Å². The Bertz CT molecular complexity index is 337. The molecule has 0 saturated carbocycles. The van der Waals surface area contributed by atoms with Gasteiger partial charge in [-0.25, -0.2) is 14.3 Å². The molecular formula is C6H9BrN2O3S. The SMILES string of the molecule is CS(=O)(=O)[O-].N[n+]1ccccc1Br. The predicted molar refractivity (Wildman–Crippen MR) is 50.1 cm³/mol. The Balaban J connectivity index is 0.000000252. The van der Waals surface area contributed by atoms with Crippen LogP contribution in [0, 0.1) is 0 Å². The standard InChI is InChI=1S/C5H6BrN2.CH4O3S/c6-5-3-1-2-4-8(5)7;1-5(2,3)4/h1-4H,7H2;1H3,(H,2,3,4)/q+1;/p-1. The lowest BCUT2D eigenvalue weighted by atomic mass is 10.5. The molecule has 1 aromatic rings. The number of rotatable bonds is 0. The molecule has 0 atom stereocenters. The highest BCUT2D eigenvalue weighted by atomic mass is 79.9. The quantitative estimate of drug-likeness (QED) is 0.301. The minimum atomic E-state index is -3.92. The van der Waals surface area contributed by atoms with Crippen molar-refractivity contribution in [2.24, 2.45) is 0 Å². The summed E-state index contributed by atoms with van der Waals surface area (Å²) in [6.45, 7) is 0. The Labute approximate surface area is 85.0 Å². The summed E-state index contributed by atoms with van der Waals surface area (Å²) in [6, 6.07) is 5.65. The highest BCUT2D eigenvalue weighted by Gasteiger charge is 1.96. The van der Waals surface area contributed by atoms with Crippen LogP contribution in [0.25, 0.3) is 0 Å². The molecule has 0 radical (unpaired) electrons. The first-order valence-electron chi connectivity index (χ1n) is 3.13. The van der Waals surface area contributed by atoms with Gasteiger partial charge < -0.3 is 4.55 Å². The minimum absolute atomic E-state index is 0.604. The fourth-order valence-electron chi connectivity index (χ4n) is 0.435. The molecule has 0 saturated heterocycles. The summed E-state index contributed by atoms with van der Waals surface area (Å²) < 4.78 is 29.6. The van der Waals surface area contributed by atoms with Gasteiger partial charge in [-0.3, -0.25) is 0 Å². The Kier molecular flexibility index (Phi) is 4.89. The maximum absolute atomic E-state index is 9.08. The molecule has 0 aliphatic rings. The van der Waals surface area contributed by atoms with Crippen molar-refractivity contribution in [2.45, 2.75) is 0 Å². The molecule has 1 aromatic heterocycles. The maximum atomic E-state index is 9.08. The summed E-state index contributed by atoms with van der Waals surface area (Å²) in [6.07, 6.45) is 2.37. The summed E-state index contributed by atoms with van der Waals surface area (Å²) in [4.78, 5) is 0. The zero-order chi connectivity index (χ0) is 10.5. The van der Waals surface area contributed by atoms with Gasteiger partial charge in [-0.15, -0.1) is 0 Å². The molecule has 1 rings (SSSR count). The first-order valence-corrected chi connectivity index (χ1v) is 5.74. The van der Waals surface area contributed by atoms with E-state index >= 15 is 0 Å². The molecule has 7 heteroatoms. The Morgan fingerprint density at radius 1 is 1.54 bits per heavy atom. The average Bonchev–Trinajstić information content (AvgIpc) is 1.92. The summed E-state index contributed by atoms with van der Waals surface area (Å²) in [5, 5.41) is 0. The fourth-order valence-corrected chi connectivity index (χ4v) is 0.705. The highest BCUT2D eigenvalue weighted by molar-refractivity contribution is 9.10. The molecule has 1 heterocycles. The van der Waals surface area contributed by atoms with E-state index in [4.69, 9.17) is 18.8 Å². The average molecular weight is 269 g/mol. The fraction of sp³-hybridized carbons (Fsp3) is 0.167. The lowest BCUT2D eigenvalue weighted by Crippen LogP contribution is -2.44. The van der Waals surface area contributed by atoms with Crippen LogP contribution >= 0.6 is 15.9 Å². The van der Waals surface area contributed by atoms with Crippen LogP contribution in [0.3, 0.4) is 0 Å². The molecule has 0 aromatic carbocycles. The van der Waals surface area contributed by atoms with E-state index in [0.29, 0.717) is 6.26 Å². The monoisotopic (exact) mass is 268 g/mol. The minimum Gasteiger partial charge on any atom is -0.748 e. The molecule has 13 heavy (non-hydrogen) atoms. The zero-order valence-corrected chi connectivity index (χ0v) is 9.25. The Hall–Kier alpha value is -0.660. The number of hydrogen-bond acceptors (Lipinski definition) is 4. The van der Waals surface area contributed by atoms with E-state index in [2.05, 4.69) is 15.9 Å². The van der Waals surface area contributed by atoms with E-state index < -0.39 is 10.1 Å². The molecule has 2 N–H and O–H groups in total. The molecule has 0 spiro atoms. The van der Waals surface area contributed by atoms with Gasteiger partial charge in [-0.05, 0) is 6.07 Å². The molecule has 0 aliphatic heterocycles. The number of pyridine rings is 1. The number of halogens is 1. The normalized spacial score (nSPS) is 10.1. The van der Waals surface area contributed by atoms with E-state index in [-0.39, 0.29) is 0 Å². The third-order valence-electron chi connectivity index (χ3n) is 0.838. The van der Waals surface area contributed by atoms with Crippen molar-refractivity contribution in [1.29, 1.82) is 0 Å². The summed E-state index contributed by atoms with van der Waals surface area (Å²) >= 11 is 3.23. The lowest BCUT2D eigenvalue weighted by molar-refractivity contribution is -0.650. The maximum Gasteiger partial charge on any atom is 0.276 e. The van der Waals surface area contributed by atoms with Gasteiger partial charge in [-0.2, -0.15) is 0 Å². The number of nitrogens with zero attached hydrogens (tertiary/aromatic N) is 1. The number of aromatic nitrogens is 1. The van der Waals surface area contributed by atoms with Gasteiger partial charge in [0.15, 0.2) is 6.20 Å². The third kappa shape index (κ3) is 9.25. The van der Waals surface area contributed by atoms with Gasteiger partial charge in [0.05, 0.1) is 10.1 Å². The van der Waals surface area contributed by atoms with Crippen molar-refractivity contribution in [3.05, 3.63) is 29.0 Å². The van der Waals surface area contributed by atoms with Crippen molar-refractivity contribution in [1.82, 2.24) is 0 Å². The van der Waals surface area contributed by atoms with E-state index in [1.807, 2.05) is 18.2 Å². The lowest BCUT2D eigenvalue weighted by Gasteiger charge is -1.90. The zero-order valence-electron chi connectivity index (χ0n) is 6.84. The van der Waals surface area contributed by atoms with Gasteiger partial charge in [0.2, 0.25) is 0 Å². The topological polar surface area (TPSA) is 87.1 Å². The molecule has 5 nitrogen and oxygen atoms in total. The summed E-state index contributed by atoms with van der Waals surface area (Å²) in [7, 11) is -3.92. The van der Waals surface area contributed by atoms with Crippen LogP contribution in [0.5, 0.6) is 0 Å². The second kappa shape index (κ2) is 5.15. The van der Waals surface area contributed by atoms with Crippen molar-refractivity contribution >= 4 is 26.0 Å². The van der Waals surface area contributed by atoms with Crippen LogP contribution in [-0.2, 0) is 10.1 Å². The van der Waals surface area contributed by atoms with E-state index in [0.717, 1.165) is 4.60 Å². The molecule has 0 amide bonds. The summed E-state index contributed by atoms with van der Waals surface area (Å²) in [5.41, 5.74) is 0. The largest absolute Gasteiger partial charge is 0.748 e. The van der Waals surface area contributed by atoms with Crippen molar-refractivity contribution in [2.75, 3.05) is 12.1 Å². The van der Waals surface area contributed by atoms with Gasteiger partial charge in [0, 0.05) is 34.3 Å². The first kappa shape index (κ1) is 12.3. The smallest absolute Gasteiger partial charge is 0.276 e. The van der Waals surface area contributed by atoms with Crippen LogP contribution in [0.15, 0.2) is 29.0 Å². The molecule has 0 unspecified atom stereocenters. The molecule has 0 aliphatic carbocycles. The second-order valence-corrected chi connectivity index (χ2v) is 4.36. The van der Waals surface area contributed by atoms with Crippen molar-refractivity contribution in [3.8, 4) is 0 Å². The van der Waals surface area contributed by atoms with E-state index in [9.17, 15) is 0 Å². The highest BCUT2D eigenvalue weighted by Crippen LogP contribution is 1.97. The first-order chi connectivity index (χ1) is 5.80. The van der Waals surface area contributed by atoms with Crippen LogP contribution in [0.2, 0.25) is 0 Å². The van der Waals surface area contributed by atoms with Crippen LogP contribution in [0.4, 0.5) is 0 Å². The van der Waals surface area contributed by atoms with E-state index in [1.165, 1.54) is 4.68 Å². The third-order valence-corrected chi connectivity index (χ3v) is 1.51. The van der Waals surface area contributed by atoms with Crippen LogP contribution < -0.4 is 10.5 Å². The van der Waals surface area contributed by atoms with Gasteiger partial charge in [0.1, 0.15) is 0 Å². The number of nitrogen functional groups attached to an aromatic ring is 1. The molecule has 74 valence electrons. The number of hydrogen-bond donors (Lipinski definition) is 1. The van der Waals surface area contributed by atoms with Crippen LogP contribution in [0.1, 0.15) is 0 Å². The van der Waals surface area contributed by atoms with Crippen LogP contribution in [-0.4, -0.2) is 19.2 Å². The summed E-state index contributed by atoms with van der Waals surface area (Å²) in [5.74, 6) is 5.39. The Morgan fingerprint density at radius 2 is 2.00 bits per heavy atom. The van der Waals surface area contributed by atoms with Crippen molar-refractivity contribution in [3.63, 3.8) is 0 Å². The second-order valence-electron chi connectivity index (χ2n) is 2.13. The molecular weight excluding hydrogens is 260 g/mol. The van der Waals surface area contributed by atoms with Crippen molar-refractivity contribution < 1.29 is 17.6 Å². The Morgan fingerprint density at radius 3 is 2.23 bits per heavy atom. The number of nitrogens with two attached hydrogens (primary N) is 1. The molecule has 0 bridgehead atoms. The molecule has 0 fully saturated rings. The van der Waals surface area contributed by atoms with Gasteiger partial charge in [0.25, 0.3) is 4.60 Å².